The first-order chi connectivity index (χ1) is 7.48. The Morgan fingerprint density at radius 3 is 2.69 bits per heavy atom. The molecule has 0 spiro atoms. The third-order valence-corrected chi connectivity index (χ3v) is 2.91. The van der Waals surface area contributed by atoms with E-state index in [0.717, 1.165) is 13.1 Å². The highest BCUT2D eigenvalue weighted by Gasteiger charge is 2.30. The Morgan fingerprint density at radius 1 is 1.38 bits per heavy atom. The van der Waals surface area contributed by atoms with Crippen LogP contribution in [0.3, 0.4) is 0 Å². The lowest BCUT2D eigenvalue weighted by molar-refractivity contribution is 0.300. The highest BCUT2D eigenvalue weighted by Crippen LogP contribution is 2.24. The molecule has 16 heavy (non-hydrogen) atoms. The van der Waals surface area contributed by atoms with Gasteiger partial charge in [-0.25, -0.2) is 4.39 Å². The van der Waals surface area contributed by atoms with Crippen molar-refractivity contribution in [2.24, 2.45) is 0 Å². The summed E-state index contributed by atoms with van der Waals surface area (Å²) in [7, 11) is 0. The van der Waals surface area contributed by atoms with Gasteiger partial charge in [0.25, 0.3) is 0 Å². The first-order valence-corrected chi connectivity index (χ1v) is 5.75. The molecule has 1 saturated heterocycles. The summed E-state index contributed by atoms with van der Waals surface area (Å²) in [5, 5.41) is 3.51. The summed E-state index contributed by atoms with van der Waals surface area (Å²) in [6, 6.07) is 7.37. The van der Waals surface area contributed by atoms with Crippen LogP contribution in [0.1, 0.15) is 20.8 Å². The van der Waals surface area contributed by atoms with E-state index in [0.29, 0.717) is 11.7 Å². The lowest BCUT2D eigenvalue weighted by Crippen LogP contribution is -2.61. The predicted molar refractivity (Wildman–Crippen MR) is 65.3 cm³/mol. The summed E-state index contributed by atoms with van der Waals surface area (Å²) in [5.41, 5.74) is 0.740. The van der Waals surface area contributed by atoms with Crippen LogP contribution in [0.25, 0.3) is 0 Å². The van der Waals surface area contributed by atoms with Gasteiger partial charge in [-0.05, 0) is 32.9 Å². The van der Waals surface area contributed by atoms with Crippen LogP contribution >= 0.6 is 0 Å². The second kappa shape index (κ2) is 4.06. The molecule has 88 valence electrons. The van der Waals surface area contributed by atoms with Crippen molar-refractivity contribution in [3.05, 3.63) is 30.1 Å². The van der Waals surface area contributed by atoms with Gasteiger partial charge >= 0.3 is 0 Å². The first-order valence-electron chi connectivity index (χ1n) is 5.75. The van der Waals surface area contributed by atoms with E-state index in [2.05, 4.69) is 31.0 Å². The maximum atomic E-state index is 13.7. The molecule has 1 aromatic rings. The first kappa shape index (κ1) is 11.4. The molecule has 1 atom stereocenters. The second-order valence-electron chi connectivity index (χ2n) is 5.26. The van der Waals surface area contributed by atoms with Crippen molar-refractivity contribution in [1.82, 2.24) is 5.32 Å². The van der Waals surface area contributed by atoms with Gasteiger partial charge in [-0.2, -0.15) is 0 Å². The van der Waals surface area contributed by atoms with E-state index in [1.54, 1.807) is 6.07 Å². The maximum Gasteiger partial charge on any atom is 0.146 e. The van der Waals surface area contributed by atoms with Gasteiger partial charge in [0.15, 0.2) is 0 Å². The fourth-order valence-corrected chi connectivity index (χ4v) is 2.52. The SMILES string of the molecule is CC1CN(c2ccccc2F)CC(C)(C)N1. The molecule has 0 aliphatic carbocycles. The van der Waals surface area contributed by atoms with Crippen molar-refractivity contribution in [3.63, 3.8) is 0 Å². The minimum absolute atomic E-state index is 0.0277. The number of nitrogens with zero attached hydrogens (tertiary/aromatic N) is 1. The van der Waals surface area contributed by atoms with Crippen molar-refractivity contribution >= 4 is 5.69 Å². The lowest BCUT2D eigenvalue weighted by atomic mass is 9.98. The van der Waals surface area contributed by atoms with Crippen molar-refractivity contribution < 1.29 is 4.39 Å². The van der Waals surface area contributed by atoms with Gasteiger partial charge in [0.2, 0.25) is 0 Å². The molecule has 0 saturated carbocycles. The van der Waals surface area contributed by atoms with Gasteiger partial charge in [0, 0.05) is 24.7 Å². The zero-order valence-electron chi connectivity index (χ0n) is 10.1. The molecular weight excluding hydrogens is 203 g/mol. The van der Waals surface area contributed by atoms with E-state index in [1.807, 2.05) is 12.1 Å². The number of para-hydroxylation sites is 1. The third kappa shape index (κ3) is 2.35. The second-order valence-corrected chi connectivity index (χ2v) is 5.26. The Kier molecular flexibility index (Phi) is 2.89. The smallest absolute Gasteiger partial charge is 0.146 e. The number of piperazine rings is 1. The molecule has 0 bridgehead atoms. The normalized spacial score (nSPS) is 24.5. The van der Waals surface area contributed by atoms with E-state index in [1.165, 1.54) is 6.07 Å². The summed E-state index contributed by atoms with van der Waals surface area (Å²) in [6.45, 7) is 8.12. The van der Waals surface area contributed by atoms with Crippen LogP contribution in [0.2, 0.25) is 0 Å². The Morgan fingerprint density at radius 2 is 2.06 bits per heavy atom. The van der Waals surface area contributed by atoms with E-state index in [4.69, 9.17) is 0 Å². The largest absolute Gasteiger partial charge is 0.366 e. The van der Waals surface area contributed by atoms with Crippen LogP contribution in [0.5, 0.6) is 0 Å². The van der Waals surface area contributed by atoms with Crippen LogP contribution in [0.4, 0.5) is 10.1 Å². The number of hydrogen-bond donors (Lipinski definition) is 1. The van der Waals surface area contributed by atoms with Gasteiger partial charge in [-0.1, -0.05) is 12.1 Å². The van der Waals surface area contributed by atoms with Crippen molar-refractivity contribution in [3.8, 4) is 0 Å². The number of nitrogens with one attached hydrogen (secondary N) is 1. The summed E-state index contributed by atoms with van der Waals surface area (Å²) in [5.74, 6) is -0.132. The zero-order chi connectivity index (χ0) is 11.8. The van der Waals surface area contributed by atoms with Crippen LogP contribution in [0.15, 0.2) is 24.3 Å². The molecule has 1 aliphatic heterocycles. The standard InChI is InChI=1S/C13H19FN2/c1-10-8-16(9-13(2,3)15-10)12-7-5-4-6-11(12)14/h4-7,10,15H,8-9H2,1-3H3. The summed E-state index contributed by atoms with van der Waals surface area (Å²) < 4.78 is 13.7. The number of halogens is 1. The van der Waals surface area contributed by atoms with E-state index >= 15 is 0 Å². The van der Waals surface area contributed by atoms with Gasteiger partial charge < -0.3 is 10.2 Å². The molecular formula is C13H19FN2. The van der Waals surface area contributed by atoms with Crippen LogP contribution < -0.4 is 10.2 Å². The van der Waals surface area contributed by atoms with Crippen molar-refractivity contribution in [2.75, 3.05) is 18.0 Å². The molecule has 3 heteroatoms. The van der Waals surface area contributed by atoms with E-state index in [9.17, 15) is 4.39 Å². The van der Waals surface area contributed by atoms with Gasteiger partial charge in [-0.3, -0.25) is 0 Å². The number of anilines is 1. The molecule has 1 N–H and O–H groups in total. The summed E-state index contributed by atoms with van der Waals surface area (Å²) in [4.78, 5) is 2.12. The average Bonchev–Trinajstić information content (AvgIpc) is 2.15. The van der Waals surface area contributed by atoms with E-state index in [-0.39, 0.29) is 11.4 Å². The van der Waals surface area contributed by atoms with Crippen LogP contribution in [-0.4, -0.2) is 24.7 Å². The van der Waals surface area contributed by atoms with Crippen molar-refractivity contribution in [1.29, 1.82) is 0 Å². The van der Waals surface area contributed by atoms with Crippen molar-refractivity contribution in [2.45, 2.75) is 32.4 Å². The molecule has 1 aliphatic rings. The van der Waals surface area contributed by atoms with Gasteiger partial charge in [0.1, 0.15) is 5.82 Å². The molecule has 1 fully saturated rings. The zero-order valence-corrected chi connectivity index (χ0v) is 10.1. The van der Waals surface area contributed by atoms with Gasteiger partial charge in [0.05, 0.1) is 5.69 Å². The predicted octanol–water partition coefficient (Wildman–Crippen LogP) is 2.40. The lowest BCUT2D eigenvalue weighted by Gasteiger charge is -2.44. The highest BCUT2D eigenvalue weighted by molar-refractivity contribution is 5.48. The average molecular weight is 222 g/mol. The molecule has 0 amide bonds. The topological polar surface area (TPSA) is 15.3 Å². The highest BCUT2D eigenvalue weighted by atomic mass is 19.1. The van der Waals surface area contributed by atoms with Crippen LogP contribution in [-0.2, 0) is 0 Å². The maximum absolute atomic E-state index is 13.7. The minimum atomic E-state index is -0.132. The Balaban J connectivity index is 2.25. The fourth-order valence-electron chi connectivity index (χ4n) is 2.52. The molecule has 0 radical (unpaired) electrons. The monoisotopic (exact) mass is 222 g/mol. The summed E-state index contributed by atoms with van der Waals surface area (Å²) >= 11 is 0. The number of rotatable bonds is 1. The number of benzene rings is 1. The Labute approximate surface area is 96.5 Å². The fraction of sp³-hybridized carbons (Fsp3) is 0.538. The van der Waals surface area contributed by atoms with Crippen LogP contribution in [0, 0.1) is 5.82 Å². The Bertz CT molecular complexity index is 376. The summed E-state index contributed by atoms with van der Waals surface area (Å²) in [6.07, 6.45) is 0. The quantitative estimate of drug-likeness (QED) is 0.785. The van der Waals surface area contributed by atoms with E-state index < -0.39 is 0 Å². The number of hydrogen-bond acceptors (Lipinski definition) is 2. The molecule has 1 aromatic carbocycles. The minimum Gasteiger partial charge on any atom is -0.366 e. The molecule has 1 heterocycles. The third-order valence-electron chi connectivity index (χ3n) is 2.91. The molecule has 2 nitrogen and oxygen atoms in total. The molecule has 1 unspecified atom stereocenters. The Hall–Kier alpha value is -1.09. The molecule has 0 aromatic heterocycles. The van der Waals surface area contributed by atoms with Gasteiger partial charge in [-0.15, -0.1) is 0 Å². The molecule has 2 rings (SSSR count).